The Bertz CT molecular complexity index is 1110. The molecule has 1 aliphatic heterocycles. The lowest BCUT2D eigenvalue weighted by Gasteiger charge is -2.15. The number of nitrogens with one attached hydrogen (secondary N) is 4. The van der Waals surface area contributed by atoms with Gasteiger partial charge >= 0.3 is 0 Å². The number of para-hydroxylation sites is 1. The quantitative estimate of drug-likeness (QED) is 0.535. The van der Waals surface area contributed by atoms with Crippen LogP contribution in [0.15, 0.2) is 54.7 Å². The van der Waals surface area contributed by atoms with Crippen molar-refractivity contribution in [2.24, 2.45) is 0 Å². The maximum absolute atomic E-state index is 12.1. The summed E-state index contributed by atoms with van der Waals surface area (Å²) in [6.07, 6.45) is 2.15. The highest BCUT2D eigenvalue weighted by atomic mass is 16.2. The van der Waals surface area contributed by atoms with Crippen LogP contribution in [0.2, 0.25) is 0 Å². The zero-order valence-electron chi connectivity index (χ0n) is 16.2. The Morgan fingerprint density at radius 2 is 1.90 bits per heavy atom. The lowest BCUT2D eigenvalue weighted by atomic mass is 10.1. The van der Waals surface area contributed by atoms with Crippen molar-refractivity contribution in [2.45, 2.75) is 13.3 Å². The molecule has 0 radical (unpaired) electrons. The Kier molecular flexibility index (Phi) is 4.87. The molecule has 0 spiro atoms. The molecule has 0 aliphatic carbocycles. The van der Waals surface area contributed by atoms with Crippen molar-refractivity contribution in [1.29, 1.82) is 0 Å². The standard InChI is InChI=1S/C22H21N5O2/c1-13-12-24-20(25-15-7-8-17-14(9-15)10-21(28)27-17)11-19(13)26-18-6-4-3-5-16(18)22(29)23-2/h3-9,11-12H,10H2,1-2H3,(H,23,29)(H,27,28)(H2,24,25,26). The highest BCUT2D eigenvalue weighted by molar-refractivity contribution is 6.00. The van der Waals surface area contributed by atoms with Crippen molar-refractivity contribution in [2.75, 3.05) is 23.0 Å². The second-order valence-corrected chi connectivity index (χ2v) is 6.86. The van der Waals surface area contributed by atoms with Gasteiger partial charge in [0, 0.05) is 36.4 Å². The molecular weight excluding hydrogens is 366 g/mol. The smallest absolute Gasteiger partial charge is 0.253 e. The van der Waals surface area contributed by atoms with Crippen molar-refractivity contribution in [3.63, 3.8) is 0 Å². The van der Waals surface area contributed by atoms with Crippen LogP contribution in [0, 0.1) is 6.92 Å². The van der Waals surface area contributed by atoms with E-state index in [0.29, 0.717) is 23.5 Å². The Hall–Kier alpha value is -3.87. The normalized spacial score (nSPS) is 12.1. The van der Waals surface area contributed by atoms with E-state index in [1.165, 1.54) is 0 Å². The highest BCUT2D eigenvalue weighted by Crippen LogP contribution is 2.29. The third-order valence-corrected chi connectivity index (χ3v) is 4.77. The second-order valence-electron chi connectivity index (χ2n) is 6.86. The van der Waals surface area contributed by atoms with E-state index in [2.05, 4.69) is 26.3 Å². The van der Waals surface area contributed by atoms with Gasteiger partial charge in [-0.05, 0) is 48.4 Å². The van der Waals surface area contributed by atoms with Crippen LogP contribution in [0.25, 0.3) is 0 Å². The maximum atomic E-state index is 12.1. The Morgan fingerprint density at radius 1 is 1.07 bits per heavy atom. The number of carbonyl (C=O) groups excluding carboxylic acids is 2. The number of hydrogen-bond donors (Lipinski definition) is 4. The minimum absolute atomic E-state index is 0.00637. The van der Waals surface area contributed by atoms with Crippen LogP contribution in [0.3, 0.4) is 0 Å². The topological polar surface area (TPSA) is 95.2 Å². The number of carbonyl (C=O) groups is 2. The molecule has 0 atom stereocenters. The van der Waals surface area contributed by atoms with Crippen molar-refractivity contribution >= 4 is 40.4 Å². The van der Waals surface area contributed by atoms with Gasteiger partial charge in [0.05, 0.1) is 17.7 Å². The lowest BCUT2D eigenvalue weighted by molar-refractivity contribution is -0.115. The molecule has 0 saturated heterocycles. The Labute approximate surface area is 168 Å². The van der Waals surface area contributed by atoms with E-state index in [0.717, 1.165) is 28.2 Å². The number of anilines is 5. The fraction of sp³-hybridized carbons (Fsp3) is 0.136. The van der Waals surface area contributed by atoms with E-state index in [9.17, 15) is 9.59 Å². The minimum atomic E-state index is -0.153. The third kappa shape index (κ3) is 3.89. The maximum Gasteiger partial charge on any atom is 0.253 e. The van der Waals surface area contributed by atoms with Gasteiger partial charge in [-0.25, -0.2) is 4.98 Å². The fourth-order valence-electron chi connectivity index (χ4n) is 3.25. The first-order valence-electron chi connectivity index (χ1n) is 9.28. The molecule has 29 heavy (non-hydrogen) atoms. The van der Waals surface area contributed by atoms with E-state index in [1.807, 2.05) is 49.4 Å². The molecule has 2 aromatic carbocycles. The molecule has 0 bridgehead atoms. The summed E-state index contributed by atoms with van der Waals surface area (Å²) < 4.78 is 0. The second kappa shape index (κ2) is 7.63. The molecule has 1 aliphatic rings. The van der Waals surface area contributed by atoms with Crippen molar-refractivity contribution in [3.05, 3.63) is 71.4 Å². The highest BCUT2D eigenvalue weighted by Gasteiger charge is 2.17. The molecule has 0 unspecified atom stereocenters. The summed E-state index contributed by atoms with van der Waals surface area (Å²) in [4.78, 5) is 28.1. The number of aryl methyl sites for hydroxylation is 1. The number of nitrogens with zero attached hydrogens (tertiary/aromatic N) is 1. The SMILES string of the molecule is CNC(=O)c1ccccc1Nc1cc(Nc2ccc3c(c2)CC(=O)N3)ncc1C. The van der Waals surface area contributed by atoms with Gasteiger partial charge in [0.25, 0.3) is 5.91 Å². The zero-order valence-corrected chi connectivity index (χ0v) is 16.2. The van der Waals surface area contributed by atoms with E-state index < -0.39 is 0 Å². The summed E-state index contributed by atoms with van der Waals surface area (Å²) in [5, 5.41) is 12.1. The monoisotopic (exact) mass is 387 g/mol. The molecule has 4 N–H and O–H groups in total. The van der Waals surface area contributed by atoms with E-state index in [1.54, 1.807) is 19.3 Å². The summed E-state index contributed by atoms with van der Waals surface area (Å²) in [6.45, 7) is 1.95. The predicted molar refractivity (Wildman–Crippen MR) is 114 cm³/mol. The molecule has 1 aromatic heterocycles. The number of amides is 2. The van der Waals surface area contributed by atoms with Gasteiger partial charge in [-0.3, -0.25) is 9.59 Å². The van der Waals surface area contributed by atoms with Gasteiger partial charge in [0.2, 0.25) is 5.91 Å². The first kappa shape index (κ1) is 18.5. The van der Waals surface area contributed by atoms with E-state index in [-0.39, 0.29) is 11.8 Å². The average Bonchev–Trinajstić information content (AvgIpc) is 3.09. The molecule has 7 nitrogen and oxygen atoms in total. The summed E-state index contributed by atoms with van der Waals surface area (Å²) in [5.74, 6) is 0.513. The summed E-state index contributed by atoms with van der Waals surface area (Å²) in [5.41, 5.74) is 5.75. The van der Waals surface area contributed by atoms with Gasteiger partial charge < -0.3 is 21.3 Å². The largest absolute Gasteiger partial charge is 0.355 e. The molecule has 0 saturated carbocycles. The van der Waals surface area contributed by atoms with Crippen molar-refractivity contribution in [3.8, 4) is 0 Å². The number of rotatable bonds is 5. The molecule has 146 valence electrons. The predicted octanol–water partition coefficient (Wildman–Crippen LogP) is 3.73. The Balaban J connectivity index is 1.59. The molecule has 3 aromatic rings. The van der Waals surface area contributed by atoms with Gasteiger partial charge in [0.1, 0.15) is 5.82 Å². The van der Waals surface area contributed by atoms with Gasteiger partial charge in [-0.15, -0.1) is 0 Å². The van der Waals surface area contributed by atoms with Crippen LogP contribution in [-0.4, -0.2) is 23.8 Å². The van der Waals surface area contributed by atoms with Crippen LogP contribution in [0.4, 0.5) is 28.6 Å². The first-order valence-corrected chi connectivity index (χ1v) is 9.28. The number of aromatic nitrogens is 1. The molecular formula is C22H21N5O2. The molecule has 7 heteroatoms. The van der Waals surface area contributed by atoms with Crippen LogP contribution in [-0.2, 0) is 11.2 Å². The lowest BCUT2D eigenvalue weighted by Crippen LogP contribution is -2.19. The summed E-state index contributed by atoms with van der Waals surface area (Å²) in [7, 11) is 1.61. The van der Waals surface area contributed by atoms with Crippen LogP contribution in [0.5, 0.6) is 0 Å². The molecule has 0 fully saturated rings. The first-order chi connectivity index (χ1) is 14.0. The average molecular weight is 387 g/mol. The van der Waals surface area contributed by atoms with Crippen molar-refractivity contribution < 1.29 is 9.59 Å². The van der Waals surface area contributed by atoms with Crippen molar-refractivity contribution in [1.82, 2.24) is 10.3 Å². The molecule has 4 rings (SSSR count). The molecule has 2 heterocycles. The number of fused-ring (bicyclic) bond motifs is 1. The zero-order chi connectivity index (χ0) is 20.4. The summed E-state index contributed by atoms with van der Waals surface area (Å²) in [6, 6.07) is 15.0. The van der Waals surface area contributed by atoms with Gasteiger partial charge in [-0.2, -0.15) is 0 Å². The molecule has 2 amide bonds. The number of benzene rings is 2. The summed E-state index contributed by atoms with van der Waals surface area (Å²) >= 11 is 0. The van der Waals surface area contributed by atoms with E-state index in [4.69, 9.17) is 0 Å². The van der Waals surface area contributed by atoms with E-state index >= 15 is 0 Å². The fourth-order valence-corrected chi connectivity index (χ4v) is 3.25. The Morgan fingerprint density at radius 3 is 2.72 bits per heavy atom. The van der Waals surface area contributed by atoms with Crippen LogP contribution < -0.4 is 21.3 Å². The third-order valence-electron chi connectivity index (χ3n) is 4.77. The van der Waals surface area contributed by atoms with Gasteiger partial charge in [0.15, 0.2) is 0 Å². The van der Waals surface area contributed by atoms with Crippen LogP contribution >= 0.6 is 0 Å². The van der Waals surface area contributed by atoms with Crippen LogP contribution in [0.1, 0.15) is 21.5 Å². The number of hydrogen-bond acceptors (Lipinski definition) is 5. The number of pyridine rings is 1. The van der Waals surface area contributed by atoms with Gasteiger partial charge in [-0.1, -0.05) is 12.1 Å². The minimum Gasteiger partial charge on any atom is -0.355 e.